The van der Waals surface area contributed by atoms with Gasteiger partial charge in [0.15, 0.2) is 0 Å². The number of carbonyl (C=O) groups excluding carboxylic acids is 1. The first-order valence-corrected chi connectivity index (χ1v) is 8.12. The smallest absolute Gasteiger partial charge is 0.350 e. The number of nitrogens with one attached hydrogen (secondary N) is 2. The molecular formula is C19H14F4N4O. The van der Waals surface area contributed by atoms with Gasteiger partial charge in [-0.3, -0.25) is 4.79 Å². The molecule has 2 aromatic carbocycles. The zero-order valence-corrected chi connectivity index (χ0v) is 14.3. The van der Waals surface area contributed by atoms with Crippen molar-refractivity contribution in [3.8, 4) is 0 Å². The normalized spacial score (nSPS) is 11.1. The lowest BCUT2D eigenvalue weighted by Gasteiger charge is -2.10. The van der Waals surface area contributed by atoms with Crippen molar-refractivity contribution in [3.05, 3.63) is 83.4 Å². The summed E-state index contributed by atoms with van der Waals surface area (Å²) in [6.07, 6.45) is -3.20. The molecule has 1 aromatic heterocycles. The highest BCUT2D eigenvalue weighted by molar-refractivity contribution is 6.03. The second-order valence-corrected chi connectivity index (χ2v) is 5.74. The Bertz CT molecular complexity index is 991. The second kappa shape index (κ2) is 8.03. The van der Waals surface area contributed by atoms with Crippen molar-refractivity contribution in [2.45, 2.75) is 12.7 Å². The van der Waals surface area contributed by atoms with Gasteiger partial charge in [-0.05, 0) is 30.3 Å². The van der Waals surface area contributed by atoms with E-state index in [1.165, 1.54) is 30.5 Å². The third-order valence-corrected chi connectivity index (χ3v) is 3.73. The van der Waals surface area contributed by atoms with Crippen LogP contribution in [0.1, 0.15) is 21.6 Å². The van der Waals surface area contributed by atoms with E-state index in [0.29, 0.717) is 5.56 Å². The first kappa shape index (κ1) is 19.3. The van der Waals surface area contributed by atoms with Crippen LogP contribution in [0.15, 0.2) is 60.8 Å². The molecule has 0 bridgehead atoms. The van der Waals surface area contributed by atoms with Gasteiger partial charge in [0.1, 0.15) is 11.5 Å². The number of nitrogens with zero attached hydrogens (tertiary/aromatic N) is 2. The predicted molar refractivity (Wildman–Crippen MR) is 95.2 cm³/mol. The lowest BCUT2D eigenvalue weighted by atomic mass is 10.2. The molecule has 0 fully saturated rings. The molecule has 1 heterocycles. The molecule has 144 valence electrons. The fourth-order valence-corrected chi connectivity index (χ4v) is 2.35. The molecule has 3 aromatic rings. The summed E-state index contributed by atoms with van der Waals surface area (Å²) in [5, 5.41) is 5.16. The van der Waals surface area contributed by atoms with Crippen molar-refractivity contribution in [3.63, 3.8) is 0 Å². The van der Waals surface area contributed by atoms with E-state index in [9.17, 15) is 22.4 Å². The Hall–Kier alpha value is -3.49. The molecule has 9 heteroatoms. The van der Waals surface area contributed by atoms with Crippen molar-refractivity contribution in [2.75, 3.05) is 10.6 Å². The minimum absolute atomic E-state index is 0.0145. The molecule has 0 aliphatic carbocycles. The Balaban J connectivity index is 1.70. The monoisotopic (exact) mass is 390 g/mol. The molecule has 0 spiro atoms. The van der Waals surface area contributed by atoms with Crippen LogP contribution in [-0.2, 0) is 12.7 Å². The van der Waals surface area contributed by atoms with Crippen LogP contribution in [0.4, 0.5) is 29.2 Å². The number of hydrogen-bond donors (Lipinski definition) is 2. The highest BCUT2D eigenvalue weighted by Gasteiger charge is 2.30. The average molecular weight is 390 g/mol. The predicted octanol–water partition coefficient (Wildman–Crippen LogP) is 4.50. The molecule has 5 nitrogen and oxygen atoms in total. The maximum absolute atomic E-state index is 13.6. The van der Waals surface area contributed by atoms with Crippen molar-refractivity contribution in [1.82, 2.24) is 9.97 Å². The number of amides is 1. The Kier molecular flexibility index (Phi) is 5.53. The second-order valence-electron chi connectivity index (χ2n) is 5.74. The Morgan fingerprint density at radius 1 is 1.04 bits per heavy atom. The van der Waals surface area contributed by atoms with Crippen LogP contribution in [0.25, 0.3) is 0 Å². The summed E-state index contributed by atoms with van der Waals surface area (Å²) in [6, 6.07) is 11.7. The number of rotatable bonds is 5. The summed E-state index contributed by atoms with van der Waals surface area (Å²) in [6.45, 7) is 0.103. The minimum Gasteiger partial charge on any atom is -0.350 e. The van der Waals surface area contributed by atoms with Gasteiger partial charge in [-0.1, -0.05) is 24.3 Å². The van der Waals surface area contributed by atoms with Crippen LogP contribution < -0.4 is 10.6 Å². The summed E-state index contributed by atoms with van der Waals surface area (Å²) >= 11 is 0. The van der Waals surface area contributed by atoms with Crippen LogP contribution >= 0.6 is 0 Å². The van der Waals surface area contributed by atoms with Crippen molar-refractivity contribution in [2.24, 2.45) is 0 Å². The lowest BCUT2D eigenvalue weighted by Crippen LogP contribution is -2.16. The van der Waals surface area contributed by atoms with E-state index in [2.05, 4.69) is 20.6 Å². The highest BCUT2D eigenvalue weighted by atomic mass is 19.4. The van der Waals surface area contributed by atoms with Gasteiger partial charge in [-0.2, -0.15) is 13.2 Å². The molecule has 3 rings (SSSR count). The third-order valence-electron chi connectivity index (χ3n) is 3.73. The molecule has 0 saturated carbocycles. The zero-order chi connectivity index (χ0) is 20.1. The quantitative estimate of drug-likeness (QED) is 0.630. The highest BCUT2D eigenvalue weighted by Crippen LogP contribution is 2.30. The van der Waals surface area contributed by atoms with E-state index in [0.717, 1.165) is 12.1 Å². The number of benzene rings is 2. The van der Waals surface area contributed by atoms with Crippen LogP contribution in [0.5, 0.6) is 0 Å². The van der Waals surface area contributed by atoms with E-state index in [4.69, 9.17) is 0 Å². The number of carbonyl (C=O) groups is 1. The number of halogens is 4. The van der Waals surface area contributed by atoms with Crippen LogP contribution in [0.2, 0.25) is 0 Å². The molecule has 0 aliphatic heterocycles. The van der Waals surface area contributed by atoms with Gasteiger partial charge < -0.3 is 10.6 Å². The lowest BCUT2D eigenvalue weighted by molar-refractivity contribution is -0.137. The van der Waals surface area contributed by atoms with Crippen molar-refractivity contribution in [1.29, 1.82) is 0 Å². The fraction of sp³-hybridized carbons (Fsp3) is 0.105. The first-order valence-electron chi connectivity index (χ1n) is 8.12. The Morgan fingerprint density at radius 3 is 2.57 bits per heavy atom. The van der Waals surface area contributed by atoms with Gasteiger partial charge in [0.25, 0.3) is 5.91 Å². The molecular weight excluding hydrogens is 376 g/mol. The van der Waals surface area contributed by atoms with E-state index in [1.54, 1.807) is 18.2 Å². The summed E-state index contributed by atoms with van der Waals surface area (Å²) in [5.41, 5.74) is -0.548. The van der Waals surface area contributed by atoms with E-state index in [1.807, 2.05) is 0 Å². The summed E-state index contributed by atoms with van der Waals surface area (Å²) in [4.78, 5) is 20.2. The molecule has 0 unspecified atom stereocenters. The number of anilines is 2. The number of alkyl halides is 3. The van der Waals surface area contributed by atoms with E-state index in [-0.39, 0.29) is 23.9 Å². The Labute approximate surface area is 157 Å². The molecule has 2 N–H and O–H groups in total. The maximum Gasteiger partial charge on any atom is 0.416 e. The number of aromatic nitrogens is 2. The molecule has 0 aliphatic rings. The zero-order valence-electron chi connectivity index (χ0n) is 14.3. The average Bonchev–Trinajstić information content (AvgIpc) is 2.67. The van der Waals surface area contributed by atoms with E-state index < -0.39 is 23.5 Å². The SMILES string of the molecule is O=C(Nc1cccc(C(F)(F)F)c1)c1ccnc(NCc2ccccc2F)n1. The Morgan fingerprint density at radius 2 is 1.82 bits per heavy atom. The van der Waals surface area contributed by atoms with Crippen LogP contribution in [-0.4, -0.2) is 15.9 Å². The van der Waals surface area contributed by atoms with Crippen LogP contribution in [0, 0.1) is 5.82 Å². The first-order chi connectivity index (χ1) is 13.3. The maximum atomic E-state index is 13.6. The largest absolute Gasteiger partial charge is 0.416 e. The van der Waals surface area contributed by atoms with E-state index >= 15 is 0 Å². The summed E-state index contributed by atoms with van der Waals surface area (Å²) < 4.78 is 51.9. The van der Waals surface area contributed by atoms with Gasteiger partial charge in [0, 0.05) is 24.0 Å². The molecule has 0 saturated heterocycles. The molecule has 0 atom stereocenters. The standard InChI is InChI=1S/C19H14F4N4O/c20-15-7-2-1-4-12(15)11-25-18-24-9-8-16(27-18)17(28)26-14-6-3-5-13(10-14)19(21,22)23/h1-10H,11H2,(H,26,28)(H,24,25,27). The van der Waals surface area contributed by atoms with Gasteiger partial charge in [-0.15, -0.1) is 0 Å². The molecule has 0 radical (unpaired) electrons. The van der Waals surface area contributed by atoms with Gasteiger partial charge in [0.2, 0.25) is 5.95 Å². The molecule has 1 amide bonds. The van der Waals surface area contributed by atoms with Crippen LogP contribution in [0.3, 0.4) is 0 Å². The third kappa shape index (κ3) is 4.81. The summed E-state index contributed by atoms with van der Waals surface area (Å²) in [5.74, 6) is -1.01. The topological polar surface area (TPSA) is 66.9 Å². The minimum atomic E-state index is -4.51. The van der Waals surface area contributed by atoms with Gasteiger partial charge in [0.05, 0.1) is 5.56 Å². The molecule has 28 heavy (non-hydrogen) atoms. The summed E-state index contributed by atoms with van der Waals surface area (Å²) in [7, 11) is 0. The number of hydrogen-bond acceptors (Lipinski definition) is 4. The fourth-order valence-electron chi connectivity index (χ4n) is 2.35. The van der Waals surface area contributed by atoms with Gasteiger partial charge >= 0.3 is 6.18 Å². The van der Waals surface area contributed by atoms with Crippen molar-refractivity contribution >= 4 is 17.5 Å². The van der Waals surface area contributed by atoms with Crippen molar-refractivity contribution < 1.29 is 22.4 Å². The van der Waals surface area contributed by atoms with Gasteiger partial charge in [-0.25, -0.2) is 14.4 Å².